The van der Waals surface area contributed by atoms with Crippen molar-refractivity contribution in [3.63, 3.8) is 0 Å². The normalized spacial score (nSPS) is 10.4. The zero-order valence-electron chi connectivity index (χ0n) is 12.4. The van der Waals surface area contributed by atoms with E-state index in [1.165, 1.54) is 23.4 Å². The van der Waals surface area contributed by atoms with Gasteiger partial charge in [-0.05, 0) is 40.6 Å². The van der Waals surface area contributed by atoms with Gasteiger partial charge in [0.2, 0.25) is 0 Å². The summed E-state index contributed by atoms with van der Waals surface area (Å²) in [6.07, 6.45) is 0. The summed E-state index contributed by atoms with van der Waals surface area (Å²) in [6.45, 7) is 0.704. The molecule has 3 aromatic rings. The second-order valence-electron chi connectivity index (χ2n) is 5.11. The van der Waals surface area contributed by atoms with Crippen molar-refractivity contribution in [2.45, 2.75) is 6.54 Å². The Kier molecular flexibility index (Phi) is 4.05. The fourth-order valence-electron chi connectivity index (χ4n) is 2.43. The molecule has 0 radical (unpaired) electrons. The molecule has 0 saturated heterocycles. The van der Waals surface area contributed by atoms with E-state index in [0.717, 1.165) is 5.69 Å². The van der Waals surface area contributed by atoms with E-state index in [1.807, 2.05) is 24.3 Å². The lowest BCUT2D eigenvalue weighted by atomic mass is 10.1. The molecule has 0 heterocycles. The predicted molar refractivity (Wildman–Crippen MR) is 89.1 cm³/mol. The number of methoxy groups -OCH3 is 1. The molecule has 0 saturated carbocycles. The SMILES string of the molecule is COC(=O)c1cccc(NCc2ccc3ccccc3c2)c1. The molecule has 0 aromatic heterocycles. The van der Waals surface area contributed by atoms with Crippen LogP contribution in [0.1, 0.15) is 15.9 Å². The zero-order valence-corrected chi connectivity index (χ0v) is 12.4. The smallest absolute Gasteiger partial charge is 0.337 e. The topological polar surface area (TPSA) is 38.3 Å². The number of carbonyl (C=O) groups is 1. The molecule has 0 atom stereocenters. The average molecular weight is 291 g/mol. The molecule has 110 valence electrons. The van der Waals surface area contributed by atoms with Crippen LogP contribution >= 0.6 is 0 Å². The van der Waals surface area contributed by atoms with Crippen molar-refractivity contribution in [2.24, 2.45) is 0 Å². The minimum Gasteiger partial charge on any atom is -0.465 e. The molecule has 0 spiro atoms. The zero-order chi connectivity index (χ0) is 15.4. The van der Waals surface area contributed by atoms with Crippen molar-refractivity contribution in [3.8, 4) is 0 Å². The minimum atomic E-state index is -0.325. The van der Waals surface area contributed by atoms with Crippen molar-refractivity contribution in [3.05, 3.63) is 77.9 Å². The minimum absolute atomic E-state index is 0.325. The Morgan fingerprint density at radius 3 is 2.59 bits per heavy atom. The van der Waals surface area contributed by atoms with Gasteiger partial charge in [-0.1, -0.05) is 42.5 Å². The Labute approximate surface area is 129 Å². The molecule has 0 aliphatic carbocycles. The van der Waals surface area contributed by atoms with Crippen molar-refractivity contribution in [1.29, 1.82) is 0 Å². The molecular formula is C19H17NO2. The first-order valence-corrected chi connectivity index (χ1v) is 7.16. The van der Waals surface area contributed by atoms with Gasteiger partial charge >= 0.3 is 5.97 Å². The summed E-state index contributed by atoms with van der Waals surface area (Å²) in [5.41, 5.74) is 2.64. The van der Waals surface area contributed by atoms with E-state index in [1.54, 1.807) is 12.1 Å². The number of ether oxygens (including phenoxy) is 1. The number of hydrogen-bond acceptors (Lipinski definition) is 3. The third-order valence-corrected chi connectivity index (χ3v) is 3.59. The van der Waals surface area contributed by atoms with Crippen LogP contribution in [-0.2, 0) is 11.3 Å². The van der Waals surface area contributed by atoms with Gasteiger partial charge in [-0.15, -0.1) is 0 Å². The van der Waals surface area contributed by atoms with Crippen molar-refractivity contribution in [2.75, 3.05) is 12.4 Å². The summed E-state index contributed by atoms with van der Waals surface area (Å²) in [7, 11) is 1.39. The van der Waals surface area contributed by atoms with Crippen molar-refractivity contribution in [1.82, 2.24) is 0 Å². The highest BCUT2D eigenvalue weighted by molar-refractivity contribution is 5.90. The number of carbonyl (C=O) groups excluding carboxylic acids is 1. The third-order valence-electron chi connectivity index (χ3n) is 3.59. The van der Waals surface area contributed by atoms with Gasteiger partial charge in [-0.25, -0.2) is 4.79 Å². The van der Waals surface area contributed by atoms with Gasteiger partial charge in [0, 0.05) is 12.2 Å². The Balaban J connectivity index is 1.75. The molecule has 0 unspecified atom stereocenters. The molecule has 0 bridgehead atoms. The number of anilines is 1. The molecule has 0 fully saturated rings. The molecule has 0 aliphatic heterocycles. The number of rotatable bonds is 4. The van der Waals surface area contributed by atoms with Crippen molar-refractivity contribution < 1.29 is 9.53 Å². The van der Waals surface area contributed by atoms with E-state index in [4.69, 9.17) is 4.74 Å². The molecule has 22 heavy (non-hydrogen) atoms. The average Bonchev–Trinajstić information content (AvgIpc) is 2.59. The maximum absolute atomic E-state index is 11.5. The van der Waals surface area contributed by atoms with Gasteiger partial charge in [0.15, 0.2) is 0 Å². The summed E-state index contributed by atoms with van der Waals surface area (Å²) in [4.78, 5) is 11.5. The lowest BCUT2D eigenvalue weighted by molar-refractivity contribution is 0.0601. The maximum atomic E-state index is 11.5. The first-order valence-electron chi connectivity index (χ1n) is 7.16. The Bertz CT molecular complexity index is 811. The van der Waals surface area contributed by atoms with E-state index in [-0.39, 0.29) is 5.97 Å². The fraction of sp³-hybridized carbons (Fsp3) is 0.105. The highest BCUT2D eigenvalue weighted by Gasteiger charge is 2.05. The summed E-state index contributed by atoms with van der Waals surface area (Å²) in [5, 5.41) is 5.80. The second kappa shape index (κ2) is 6.31. The van der Waals surface area contributed by atoms with Crippen LogP contribution in [0.5, 0.6) is 0 Å². The maximum Gasteiger partial charge on any atom is 0.337 e. The molecule has 0 amide bonds. The summed E-state index contributed by atoms with van der Waals surface area (Å²) >= 11 is 0. The van der Waals surface area contributed by atoms with Crippen LogP contribution < -0.4 is 5.32 Å². The first-order chi connectivity index (χ1) is 10.8. The quantitative estimate of drug-likeness (QED) is 0.731. The van der Waals surface area contributed by atoms with Gasteiger partial charge in [0.05, 0.1) is 12.7 Å². The number of hydrogen-bond donors (Lipinski definition) is 1. The van der Waals surface area contributed by atoms with Crippen LogP contribution in [0.25, 0.3) is 10.8 Å². The molecule has 3 heteroatoms. The standard InChI is InChI=1S/C19H17NO2/c1-22-19(21)17-7-4-8-18(12-17)20-13-14-9-10-15-5-2-3-6-16(15)11-14/h2-12,20H,13H2,1H3. The number of esters is 1. The van der Waals surface area contributed by atoms with Crippen LogP contribution in [0, 0.1) is 0 Å². The van der Waals surface area contributed by atoms with E-state index in [9.17, 15) is 4.79 Å². The second-order valence-corrected chi connectivity index (χ2v) is 5.11. The largest absolute Gasteiger partial charge is 0.465 e. The molecule has 3 rings (SSSR count). The summed E-state index contributed by atoms with van der Waals surface area (Å²) in [6, 6.07) is 22.0. The molecular weight excluding hydrogens is 274 g/mol. The van der Waals surface area contributed by atoms with Crippen LogP contribution in [0.2, 0.25) is 0 Å². The van der Waals surface area contributed by atoms with Crippen LogP contribution in [0.4, 0.5) is 5.69 Å². The predicted octanol–water partition coefficient (Wildman–Crippen LogP) is 4.24. The summed E-state index contributed by atoms with van der Waals surface area (Å²) < 4.78 is 4.74. The van der Waals surface area contributed by atoms with Gasteiger partial charge < -0.3 is 10.1 Å². The first kappa shape index (κ1) is 14.1. The Morgan fingerprint density at radius 2 is 1.77 bits per heavy atom. The monoisotopic (exact) mass is 291 g/mol. The van der Waals surface area contributed by atoms with Crippen LogP contribution in [0.3, 0.4) is 0 Å². The van der Waals surface area contributed by atoms with E-state index in [2.05, 4.69) is 35.6 Å². The van der Waals surface area contributed by atoms with Crippen LogP contribution in [0.15, 0.2) is 66.7 Å². The van der Waals surface area contributed by atoms with Gasteiger partial charge in [0.25, 0.3) is 0 Å². The highest BCUT2D eigenvalue weighted by Crippen LogP contribution is 2.17. The number of nitrogens with one attached hydrogen (secondary N) is 1. The number of fused-ring (bicyclic) bond motifs is 1. The Morgan fingerprint density at radius 1 is 0.955 bits per heavy atom. The van der Waals surface area contributed by atoms with Crippen LogP contribution in [-0.4, -0.2) is 13.1 Å². The van der Waals surface area contributed by atoms with Gasteiger partial charge in [-0.2, -0.15) is 0 Å². The van der Waals surface area contributed by atoms with E-state index in [0.29, 0.717) is 12.1 Å². The lowest BCUT2D eigenvalue weighted by Crippen LogP contribution is -2.03. The highest BCUT2D eigenvalue weighted by atomic mass is 16.5. The molecule has 3 nitrogen and oxygen atoms in total. The van der Waals surface area contributed by atoms with Gasteiger partial charge in [0.1, 0.15) is 0 Å². The summed E-state index contributed by atoms with van der Waals surface area (Å²) in [5.74, 6) is -0.325. The van der Waals surface area contributed by atoms with E-state index < -0.39 is 0 Å². The van der Waals surface area contributed by atoms with Crippen molar-refractivity contribution >= 4 is 22.4 Å². The molecule has 3 aromatic carbocycles. The van der Waals surface area contributed by atoms with Gasteiger partial charge in [-0.3, -0.25) is 0 Å². The molecule has 1 N–H and O–H groups in total. The fourth-order valence-corrected chi connectivity index (χ4v) is 2.43. The molecule has 0 aliphatic rings. The lowest BCUT2D eigenvalue weighted by Gasteiger charge is -2.09. The third kappa shape index (κ3) is 3.09. The van der Waals surface area contributed by atoms with E-state index >= 15 is 0 Å². The number of benzene rings is 3. The Hall–Kier alpha value is -2.81.